The Labute approximate surface area is 120 Å². The van der Waals surface area contributed by atoms with Gasteiger partial charge in [0.1, 0.15) is 0 Å². The molecule has 0 bridgehead atoms. The summed E-state index contributed by atoms with van der Waals surface area (Å²) in [6, 6.07) is 5.48. The van der Waals surface area contributed by atoms with Gasteiger partial charge < -0.3 is 5.73 Å². The van der Waals surface area contributed by atoms with E-state index in [1.165, 1.54) is 0 Å². The number of nitro groups is 1. The Hall–Kier alpha value is -0.690. The molecule has 2 N–H and O–H groups in total. The van der Waals surface area contributed by atoms with Crippen LogP contribution in [-0.2, 0) is 6.54 Å². The van der Waals surface area contributed by atoms with Crippen LogP contribution in [0.2, 0.25) is 0 Å². The van der Waals surface area contributed by atoms with Gasteiger partial charge >= 0.3 is 0 Å². The molecule has 0 amide bonds. The van der Waals surface area contributed by atoms with Gasteiger partial charge in [0, 0.05) is 31.7 Å². The second-order valence-electron chi connectivity index (χ2n) is 4.33. The molecule has 0 unspecified atom stereocenters. The van der Waals surface area contributed by atoms with Crippen LogP contribution in [0.15, 0.2) is 22.7 Å². The van der Waals surface area contributed by atoms with E-state index in [9.17, 15) is 10.1 Å². The third-order valence-electron chi connectivity index (χ3n) is 2.92. The normalized spacial score (nSPS) is 19.6. The number of halogens is 2. The maximum Gasteiger partial charge on any atom is 0.283 e. The molecule has 2 rings (SSSR count). The lowest BCUT2D eigenvalue weighted by atomic mass is 10.2. The number of likely N-dealkylation sites (tertiary alicyclic amines) is 1. The largest absolute Gasteiger partial charge is 0.326 e. The Morgan fingerprint density at radius 3 is 2.83 bits per heavy atom. The first-order chi connectivity index (χ1) is 8.06. The summed E-state index contributed by atoms with van der Waals surface area (Å²) >= 11 is 3.18. The van der Waals surface area contributed by atoms with Crippen LogP contribution >= 0.6 is 28.3 Å². The lowest BCUT2D eigenvalue weighted by Gasteiger charge is -2.14. The quantitative estimate of drug-likeness (QED) is 0.679. The van der Waals surface area contributed by atoms with E-state index >= 15 is 0 Å². The van der Waals surface area contributed by atoms with Gasteiger partial charge in [-0.2, -0.15) is 0 Å². The molecule has 1 atom stereocenters. The molecule has 1 aliphatic heterocycles. The molecule has 1 aliphatic rings. The maximum atomic E-state index is 10.8. The standard InChI is InChI=1S/C11H14BrN3O2.ClH/c12-10-2-1-8(5-11(10)15(16)17)6-14-4-3-9(13)7-14;/h1-2,5,9H,3-4,6-7,13H2;1H/t9-;/m0./s1. The van der Waals surface area contributed by atoms with Gasteiger partial charge in [-0.1, -0.05) is 6.07 Å². The second kappa shape index (κ2) is 6.47. The first-order valence-corrected chi connectivity index (χ1v) is 6.26. The van der Waals surface area contributed by atoms with Gasteiger partial charge in [-0.25, -0.2) is 0 Å². The van der Waals surface area contributed by atoms with E-state index in [1.807, 2.05) is 6.07 Å². The molecule has 0 saturated carbocycles. The van der Waals surface area contributed by atoms with E-state index in [-0.39, 0.29) is 29.1 Å². The highest BCUT2D eigenvalue weighted by molar-refractivity contribution is 9.10. The van der Waals surface area contributed by atoms with Crippen molar-refractivity contribution in [1.29, 1.82) is 0 Å². The summed E-state index contributed by atoms with van der Waals surface area (Å²) in [5.74, 6) is 0. The van der Waals surface area contributed by atoms with Crippen LogP contribution in [0.5, 0.6) is 0 Å². The van der Waals surface area contributed by atoms with Crippen molar-refractivity contribution >= 4 is 34.0 Å². The lowest BCUT2D eigenvalue weighted by molar-refractivity contribution is -0.385. The predicted molar refractivity (Wildman–Crippen MR) is 75.9 cm³/mol. The summed E-state index contributed by atoms with van der Waals surface area (Å²) in [6.45, 7) is 2.55. The van der Waals surface area contributed by atoms with Gasteiger partial charge in [-0.3, -0.25) is 15.0 Å². The predicted octanol–water partition coefficient (Wildman–Crippen LogP) is 2.31. The van der Waals surface area contributed by atoms with Gasteiger partial charge in [0.25, 0.3) is 5.69 Å². The van der Waals surface area contributed by atoms with E-state index in [2.05, 4.69) is 20.8 Å². The molecule has 18 heavy (non-hydrogen) atoms. The number of hydrogen-bond donors (Lipinski definition) is 1. The first kappa shape index (κ1) is 15.4. The van der Waals surface area contributed by atoms with E-state index < -0.39 is 0 Å². The molecule has 1 saturated heterocycles. The van der Waals surface area contributed by atoms with Gasteiger partial charge in [0.15, 0.2) is 0 Å². The Kier molecular flexibility index (Phi) is 5.52. The lowest BCUT2D eigenvalue weighted by Crippen LogP contribution is -2.26. The molecule has 5 nitrogen and oxygen atoms in total. The zero-order valence-electron chi connectivity index (χ0n) is 9.71. The van der Waals surface area contributed by atoms with Crippen molar-refractivity contribution < 1.29 is 4.92 Å². The molecule has 0 spiro atoms. The third-order valence-corrected chi connectivity index (χ3v) is 3.59. The van der Waals surface area contributed by atoms with Gasteiger partial charge in [0.05, 0.1) is 9.40 Å². The molecule has 1 fully saturated rings. The van der Waals surface area contributed by atoms with Crippen LogP contribution in [0.4, 0.5) is 5.69 Å². The van der Waals surface area contributed by atoms with Crippen LogP contribution in [0.3, 0.4) is 0 Å². The Balaban J connectivity index is 0.00000162. The van der Waals surface area contributed by atoms with Crippen LogP contribution < -0.4 is 5.73 Å². The number of nitro benzene ring substituents is 1. The number of hydrogen-bond acceptors (Lipinski definition) is 4. The topological polar surface area (TPSA) is 72.4 Å². The van der Waals surface area contributed by atoms with E-state index in [1.54, 1.807) is 12.1 Å². The highest BCUT2D eigenvalue weighted by Gasteiger charge is 2.20. The van der Waals surface area contributed by atoms with Crippen molar-refractivity contribution in [3.8, 4) is 0 Å². The highest BCUT2D eigenvalue weighted by Crippen LogP contribution is 2.26. The average Bonchev–Trinajstić information content (AvgIpc) is 2.66. The summed E-state index contributed by atoms with van der Waals surface area (Å²) in [5, 5.41) is 10.8. The number of nitrogens with two attached hydrogens (primary N) is 1. The molecular formula is C11H15BrClN3O2. The minimum Gasteiger partial charge on any atom is -0.326 e. The summed E-state index contributed by atoms with van der Waals surface area (Å²) in [7, 11) is 0. The molecule has 1 aromatic carbocycles. The summed E-state index contributed by atoms with van der Waals surface area (Å²) in [6.07, 6.45) is 0.999. The van der Waals surface area contributed by atoms with Crippen LogP contribution in [0.1, 0.15) is 12.0 Å². The smallest absolute Gasteiger partial charge is 0.283 e. The first-order valence-electron chi connectivity index (χ1n) is 5.47. The molecule has 1 aromatic rings. The van der Waals surface area contributed by atoms with Crippen LogP contribution in [-0.4, -0.2) is 29.0 Å². The average molecular weight is 337 g/mol. The van der Waals surface area contributed by atoms with Crippen molar-refractivity contribution in [3.05, 3.63) is 38.3 Å². The van der Waals surface area contributed by atoms with Gasteiger partial charge in [-0.15, -0.1) is 12.4 Å². The van der Waals surface area contributed by atoms with Crippen LogP contribution in [0, 0.1) is 10.1 Å². The van der Waals surface area contributed by atoms with E-state index in [0.29, 0.717) is 4.47 Å². The third kappa shape index (κ3) is 3.65. The Bertz CT molecular complexity index is 444. The molecule has 1 heterocycles. The summed E-state index contributed by atoms with van der Waals surface area (Å²) in [5.41, 5.74) is 6.89. The van der Waals surface area contributed by atoms with Crippen LogP contribution in [0.25, 0.3) is 0 Å². The summed E-state index contributed by atoms with van der Waals surface area (Å²) < 4.78 is 0.518. The zero-order valence-corrected chi connectivity index (χ0v) is 12.1. The summed E-state index contributed by atoms with van der Waals surface area (Å²) in [4.78, 5) is 12.7. The molecule has 0 aliphatic carbocycles. The van der Waals surface area contributed by atoms with Gasteiger partial charge in [-0.05, 0) is 34.0 Å². The Morgan fingerprint density at radius 2 is 2.28 bits per heavy atom. The SMILES string of the molecule is Cl.N[C@H]1CCN(Cc2ccc(Br)c([N+](=O)[O-])c2)C1. The Morgan fingerprint density at radius 1 is 1.56 bits per heavy atom. The number of nitrogens with zero attached hydrogens (tertiary/aromatic N) is 2. The minimum atomic E-state index is -0.372. The molecule has 100 valence electrons. The van der Waals surface area contributed by atoms with E-state index in [0.717, 1.165) is 31.6 Å². The molecule has 0 radical (unpaired) electrons. The highest BCUT2D eigenvalue weighted by atomic mass is 79.9. The van der Waals surface area contributed by atoms with Crippen molar-refractivity contribution in [2.24, 2.45) is 5.73 Å². The number of rotatable bonds is 3. The molecule has 7 heteroatoms. The zero-order chi connectivity index (χ0) is 12.4. The fourth-order valence-corrected chi connectivity index (χ4v) is 2.45. The molecule has 0 aromatic heterocycles. The van der Waals surface area contributed by atoms with Gasteiger partial charge in [0.2, 0.25) is 0 Å². The van der Waals surface area contributed by atoms with Crippen molar-refractivity contribution in [1.82, 2.24) is 4.90 Å². The van der Waals surface area contributed by atoms with Crippen molar-refractivity contribution in [2.75, 3.05) is 13.1 Å². The maximum absolute atomic E-state index is 10.8. The monoisotopic (exact) mass is 335 g/mol. The van der Waals surface area contributed by atoms with Crippen molar-refractivity contribution in [3.63, 3.8) is 0 Å². The second-order valence-corrected chi connectivity index (χ2v) is 5.18. The minimum absolute atomic E-state index is 0. The fourth-order valence-electron chi connectivity index (χ4n) is 2.06. The van der Waals surface area contributed by atoms with E-state index in [4.69, 9.17) is 5.73 Å². The molecular weight excluding hydrogens is 321 g/mol. The number of benzene rings is 1. The van der Waals surface area contributed by atoms with Crippen molar-refractivity contribution in [2.45, 2.75) is 19.0 Å². The fraction of sp³-hybridized carbons (Fsp3) is 0.455.